The van der Waals surface area contributed by atoms with Crippen LogP contribution in [-0.4, -0.2) is 52.9 Å². The number of thioether (sulfide) groups is 1. The average molecular weight is 298 g/mol. The van der Waals surface area contributed by atoms with Crippen LogP contribution in [0.1, 0.15) is 17.3 Å². The van der Waals surface area contributed by atoms with Gasteiger partial charge in [-0.2, -0.15) is 11.8 Å². The summed E-state index contributed by atoms with van der Waals surface area (Å²) in [6.45, 7) is 3.05. The Morgan fingerprint density at radius 1 is 1.60 bits per heavy atom. The van der Waals surface area contributed by atoms with Crippen LogP contribution in [0.2, 0.25) is 0 Å². The third-order valence-electron chi connectivity index (χ3n) is 2.65. The topological polar surface area (TPSA) is 88.4 Å². The van der Waals surface area contributed by atoms with Crippen molar-refractivity contribution in [1.82, 2.24) is 9.88 Å². The smallest absolute Gasteiger partial charge is 0.300 e. The van der Waals surface area contributed by atoms with Crippen molar-refractivity contribution in [3.8, 4) is 0 Å². The minimum absolute atomic E-state index is 0.0598. The molecule has 0 saturated heterocycles. The summed E-state index contributed by atoms with van der Waals surface area (Å²) < 4.78 is 0. The van der Waals surface area contributed by atoms with Gasteiger partial charge in [-0.05, 0) is 13.2 Å². The fraction of sp³-hybridized carbons (Fsp3) is 0.500. The number of carbonyl (C=O) groups excluding carboxylic acids is 1. The Labute approximate surface area is 121 Å². The van der Waals surface area contributed by atoms with Gasteiger partial charge >= 0.3 is 0 Å². The van der Waals surface area contributed by atoms with Gasteiger partial charge in [0.1, 0.15) is 17.6 Å². The van der Waals surface area contributed by atoms with Crippen LogP contribution in [0.15, 0.2) is 12.3 Å². The van der Waals surface area contributed by atoms with Gasteiger partial charge in [-0.1, -0.05) is 0 Å². The molecule has 0 spiro atoms. The number of rotatable bonds is 7. The van der Waals surface area contributed by atoms with Crippen molar-refractivity contribution in [3.05, 3.63) is 27.9 Å². The second kappa shape index (κ2) is 7.68. The van der Waals surface area contributed by atoms with Gasteiger partial charge in [-0.15, -0.1) is 0 Å². The van der Waals surface area contributed by atoms with Crippen LogP contribution in [0.3, 0.4) is 0 Å². The monoisotopic (exact) mass is 298 g/mol. The number of carbonyl (C=O) groups is 1. The molecule has 110 valence electrons. The quantitative estimate of drug-likeness (QED) is 0.610. The minimum Gasteiger partial charge on any atom is -0.370 e. The van der Waals surface area contributed by atoms with Crippen LogP contribution in [0.4, 0.5) is 11.5 Å². The molecule has 0 radical (unpaired) electrons. The van der Waals surface area contributed by atoms with Gasteiger partial charge < -0.3 is 10.2 Å². The highest BCUT2D eigenvalue weighted by Gasteiger charge is 2.24. The largest absolute Gasteiger partial charge is 0.370 e. The van der Waals surface area contributed by atoms with Crippen molar-refractivity contribution >= 4 is 29.2 Å². The molecule has 1 amide bonds. The van der Waals surface area contributed by atoms with E-state index in [-0.39, 0.29) is 17.2 Å². The Morgan fingerprint density at radius 2 is 2.30 bits per heavy atom. The van der Waals surface area contributed by atoms with E-state index in [4.69, 9.17) is 0 Å². The highest BCUT2D eigenvalue weighted by atomic mass is 32.2. The molecule has 0 aliphatic rings. The van der Waals surface area contributed by atoms with Crippen molar-refractivity contribution in [1.29, 1.82) is 0 Å². The summed E-state index contributed by atoms with van der Waals surface area (Å²) in [5.74, 6) is 0.869. The highest BCUT2D eigenvalue weighted by molar-refractivity contribution is 7.98. The molecular weight excluding hydrogens is 280 g/mol. The zero-order valence-electron chi connectivity index (χ0n) is 11.8. The number of amides is 1. The maximum atomic E-state index is 12.3. The van der Waals surface area contributed by atoms with E-state index in [1.54, 1.807) is 18.8 Å². The van der Waals surface area contributed by atoms with E-state index >= 15 is 0 Å². The number of hydrogen-bond donors (Lipinski definition) is 1. The summed E-state index contributed by atoms with van der Waals surface area (Å²) in [7, 11) is 1.63. The molecule has 0 unspecified atom stereocenters. The van der Waals surface area contributed by atoms with Crippen molar-refractivity contribution in [2.75, 3.05) is 37.5 Å². The van der Waals surface area contributed by atoms with Crippen molar-refractivity contribution in [2.45, 2.75) is 6.92 Å². The maximum Gasteiger partial charge on any atom is 0.300 e. The molecule has 8 heteroatoms. The Morgan fingerprint density at radius 3 is 2.85 bits per heavy atom. The minimum atomic E-state index is -0.585. The van der Waals surface area contributed by atoms with E-state index in [1.807, 2.05) is 13.2 Å². The van der Waals surface area contributed by atoms with Gasteiger partial charge in [0.15, 0.2) is 0 Å². The van der Waals surface area contributed by atoms with Crippen LogP contribution in [0.25, 0.3) is 0 Å². The van der Waals surface area contributed by atoms with Gasteiger partial charge in [0.05, 0.1) is 4.92 Å². The summed E-state index contributed by atoms with van der Waals surface area (Å²) in [4.78, 5) is 28.1. The van der Waals surface area contributed by atoms with Crippen molar-refractivity contribution in [3.63, 3.8) is 0 Å². The summed E-state index contributed by atoms with van der Waals surface area (Å²) in [6, 6.07) is 1.43. The summed E-state index contributed by atoms with van der Waals surface area (Å²) in [5.41, 5.74) is -0.211. The maximum absolute atomic E-state index is 12.3. The summed E-state index contributed by atoms with van der Waals surface area (Å²) >= 11 is 1.61. The Hall–Kier alpha value is -1.83. The Balaban J connectivity index is 3.08. The van der Waals surface area contributed by atoms with E-state index in [9.17, 15) is 14.9 Å². The first-order valence-electron chi connectivity index (χ1n) is 6.14. The molecular formula is C12H18N4O3S. The molecule has 7 nitrogen and oxygen atoms in total. The molecule has 0 bridgehead atoms. The second-order valence-electron chi connectivity index (χ2n) is 4.09. The zero-order valence-corrected chi connectivity index (χ0v) is 12.6. The first kappa shape index (κ1) is 16.2. The fourth-order valence-corrected chi connectivity index (χ4v) is 2.03. The van der Waals surface area contributed by atoms with Crippen molar-refractivity contribution in [2.24, 2.45) is 0 Å². The lowest BCUT2D eigenvalue weighted by atomic mass is 10.2. The molecule has 20 heavy (non-hydrogen) atoms. The molecule has 0 saturated carbocycles. The molecule has 0 fully saturated rings. The lowest BCUT2D eigenvalue weighted by molar-refractivity contribution is -0.385. The summed E-state index contributed by atoms with van der Waals surface area (Å²) in [6.07, 6.45) is 3.06. The SMILES string of the molecule is CCNc1cc(C(=O)N(C)CCSC)c([N+](=O)[O-])cn1. The number of nitrogens with one attached hydrogen (secondary N) is 1. The van der Waals surface area contributed by atoms with Gasteiger partial charge in [0.2, 0.25) is 0 Å². The third kappa shape index (κ3) is 4.09. The number of hydrogen-bond acceptors (Lipinski definition) is 6. The van der Waals surface area contributed by atoms with Crippen LogP contribution < -0.4 is 5.32 Å². The molecule has 1 heterocycles. The van der Waals surface area contributed by atoms with E-state index in [0.29, 0.717) is 18.9 Å². The standard InChI is InChI=1S/C12H18N4O3S/c1-4-13-11-7-9(10(8-14-11)16(18)19)12(17)15(2)5-6-20-3/h7-8H,4-6H2,1-3H3,(H,13,14). The van der Waals surface area contributed by atoms with Crippen molar-refractivity contribution < 1.29 is 9.72 Å². The average Bonchev–Trinajstić information content (AvgIpc) is 2.43. The predicted molar refractivity (Wildman–Crippen MR) is 80.4 cm³/mol. The lowest BCUT2D eigenvalue weighted by Crippen LogP contribution is -2.29. The van der Waals surface area contributed by atoms with Crippen LogP contribution >= 0.6 is 11.8 Å². The van der Waals surface area contributed by atoms with Crippen LogP contribution in [0, 0.1) is 10.1 Å². The molecule has 1 N–H and O–H groups in total. The number of nitro groups is 1. The zero-order chi connectivity index (χ0) is 15.1. The lowest BCUT2D eigenvalue weighted by Gasteiger charge is -2.16. The van der Waals surface area contributed by atoms with Gasteiger partial charge in [-0.3, -0.25) is 14.9 Å². The van der Waals surface area contributed by atoms with Gasteiger partial charge in [0.25, 0.3) is 11.6 Å². The highest BCUT2D eigenvalue weighted by Crippen LogP contribution is 2.21. The molecule has 1 aromatic rings. The number of pyridine rings is 1. The molecule has 1 aromatic heterocycles. The van der Waals surface area contributed by atoms with E-state index in [0.717, 1.165) is 11.9 Å². The Bertz CT molecular complexity index is 496. The summed E-state index contributed by atoms with van der Waals surface area (Å²) in [5, 5.41) is 13.9. The molecule has 1 rings (SSSR count). The third-order valence-corrected chi connectivity index (χ3v) is 3.24. The fourth-order valence-electron chi connectivity index (χ4n) is 1.58. The predicted octanol–water partition coefficient (Wildman–Crippen LogP) is 1.86. The molecule has 0 aliphatic heterocycles. The molecule has 0 aliphatic carbocycles. The first-order valence-corrected chi connectivity index (χ1v) is 7.53. The number of aromatic nitrogens is 1. The van der Waals surface area contributed by atoms with E-state index in [2.05, 4.69) is 10.3 Å². The normalized spacial score (nSPS) is 10.2. The van der Waals surface area contributed by atoms with E-state index < -0.39 is 4.92 Å². The van der Waals surface area contributed by atoms with Crippen LogP contribution in [-0.2, 0) is 0 Å². The van der Waals surface area contributed by atoms with Gasteiger partial charge in [-0.25, -0.2) is 4.98 Å². The van der Waals surface area contributed by atoms with E-state index in [1.165, 1.54) is 11.0 Å². The first-order chi connectivity index (χ1) is 9.51. The second-order valence-corrected chi connectivity index (χ2v) is 5.08. The van der Waals surface area contributed by atoms with Crippen LogP contribution in [0.5, 0.6) is 0 Å². The molecule has 0 aromatic carbocycles. The number of anilines is 1. The molecule has 0 atom stereocenters. The number of nitrogens with zero attached hydrogens (tertiary/aromatic N) is 3. The Kier molecular flexibility index (Phi) is 6.23. The van der Waals surface area contributed by atoms with Gasteiger partial charge in [0, 0.05) is 32.0 Å².